The van der Waals surface area contributed by atoms with Gasteiger partial charge in [-0.1, -0.05) is 36.1 Å². The lowest BCUT2D eigenvalue weighted by Crippen LogP contribution is -2.41. The fourth-order valence-electron chi connectivity index (χ4n) is 4.43. The van der Waals surface area contributed by atoms with Crippen molar-refractivity contribution in [1.29, 1.82) is 0 Å². The van der Waals surface area contributed by atoms with Gasteiger partial charge in [-0.2, -0.15) is 0 Å². The lowest BCUT2D eigenvalue weighted by Gasteiger charge is -2.23. The van der Waals surface area contributed by atoms with E-state index in [0.717, 1.165) is 0 Å². The number of fused-ring (bicyclic) bond motifs is 2. The molecule has 1 atom stereocenters. The number of nitrogens with zero attached hydrogens (tertiary/aromatic N) is 4. The first kappa shape index (κ1) is 27.0. The maximum atomic E-state index is 14.1. The number of nitrogens with two attached hydrogens (primary N) is 1. The van der Waals surface area contributed by atoms with Crippen molar-refractivity contribution in [3.05, 3.63) is 100 Å². The molecule has 0 spiro atoms. The van der Waals surface area contributed by atoms with E-state index in [9.17, 15) is 14.4 Å². The summed E-state index contributed by atoms with van der Waals surface area (Å²) in [5.41, 5.74) is 7.67. The third-order valence-electron chi connectivity index (χ3n) is 6.31. The van der Waals surface area contributed by atoms with Crippen LogP contribution in [0.2, 0.25) is 0 Å². The normalized spacial score (nSPS) is 11.5. The van der Waals surface area contributed by atoms with Crippen LogP contribution < -0.4 is 27.2 Å². The first-order chi connectivity index (χ1) is 19.9. The fourth-order valence-corrected chi connectivity index (χ4v) is 4.43. The number of benzene rings is 2. The molecule has 0 aliphatic rings. The summed E-state index contributed by atoms with van der Waals surface area (Å²) in [6.07, 6.45) is 2.22. The zero-order chi connectivity index (χ0) is 28.9. The Morgan fingerprint density at radius 1 is 1.05 bits per heavy atom. The summed E-state index contributed by atoms with van der Waals surface area (Å²) in [6, 6.07) is 17.7. The minimum atomic E-state index is -0.910. The molecule has 0 bridgehead atoms. The van der Waals surface area contributed by atoms with E-state index in [-0.39, 0.29) is 35.2 Å². The van der Waals surface area contributed by atoms with Crippen LogP contribution in [0, 0.1) is 11.8 Å². The maximum absolute atomic E-state index is 14.1. The Kier molecular flexibility index (Phi) is 7.67. The van der Waals surface area contributed by atoms with E-state index < -0.39 is 12.1 Å². The molecule has 0 radical (unpaired) electrons. The summed E-state index contributed by atoms with van der Waals surface area (Å²) >= 11 is 0. The third kappa shape index (κ3) is 5.45. The maximum Gasteiger partial charge on any atom is 0.267 e. The van der Waals surface area contributed by atoms with Gasteiger partial charge in [0, 0.05) is 30.3 Å². The highest BCUT2D eigenvalue weighted by Crippen LogP contribution is 2.23. The molecular formula is C30H26N8O3. The van der Waals surface area contributed by atoms with Crippen LogP contribution in [0.3, 0.4) is 0 Å². The van der Waals surface area contributed by atoms with E-state index >= 15 is 0 Å². The van der Waals surface area contributed by atoms with Gasteiger partial charge < -0.3 is 16.4 Å². The Morgan fingerprint density at radius 3 is 2.61 bits per heavy atom. The average molecular weight is 547 g/mol. The summed E-state index contributed by atoms with van der Waals surface area (Å²) < 4.78 is 1.44. The van der Waals surface area contributed by atoms with Crippen LogP contribution in [0.5, 0.6) is 0 Å². The van der Waals surface area contributed by atoms with Gasteiger partial charge in [0.25, 0.3) is 11.5 Å². The molecule has 0 aliphatic carbocycles. The van der Waals surface area contributed by atoms with Crippen LogP contribution >= 0.6 is 0 Å². The molecule has 0 aliphatic heterocycles. The third-order valence-corrected chi connectivity index (χ3v) is 6.31. The zero-order valence-electron chi connectivity index (χ0n) is 22.3. The Hall–Kier alpha value is -5.60. The van der Waals surface area contributed by atoms with Crippen LogP contribution in [0.25, 0.3) is 27.5 Å². The summed E-state index contributed by atoms with van der Waals surface area (Å²) in [7, 11) is 1.64. The smallest absolute Gasteiger partial charge is 0.267 e. The molecule has 0 saturated heterocycles. The molecule has 2 aromatic carbocycles. The number of nitrogens with one attached hydrogen (secondary N) is 3. The number of aromatic nitrogens is 4. The van der Waals surface area contributed by atoms with Crippen molar-refractivity contribution in [1.82, 2.24) is 35.5 Å². The number of carbonyl (C=O) groups excluding carboxylic acids is 2. The molecule has 11 heteroatoms. The van der Waals surface area contributed by atoms with Gasteiger partial charge in [-0.3, -0.25) is 29.3 Å². The summed E-state index contributed by atoms with van der Waals surface area (Å²) in [4.78, 5) is 52.2. The first-order valence-electron chi connectivity index (χ1n) is 12.7. The highest BCUT2D eigenvalue weighted by Gasteiger charge is 2.25. The lowest BCUT2D eigenvalue weighted by atomic mass is 10.1. The molecule has 0 unspecified atom stereocenters. The fraction of sp³-hybridized carbons (Fsp3) is 0.133. The van der Waals surface area contributed by atoms with Gasteiger partial charge in [0.15, 0.2) is 5.82 Å². The van der Waals surface area contributed by atoms with Crippen molar-refractivity contribution < 1.29 is 9.59 Å². The summed E-state index contributed by atoms with van der Waals surface area (Å²) in [5.74, 6) is 5.37. The van der Waals surface area contributed by atoms with Crippen LogP contribution in [0.4, 0.5) is 5.82 Å². The number of pyridine rings is 2. The van der Waals surface area contributed by atoms with E-state index in [4.69, 9.17) is 10.7 Å². The Balaban J connectivity index is 1.65. The number of para-hydroxylation sites is 1. The van der Waals surface area contributed by atoms with Crippen LogP contribution in [0.1, 0.15) is 34.8 Å². The van der Waals surface area contributed by atoms with Crippen molar-refractivity contribution in [3.63, 3.8) is 0 Å². The molecule has 204 valence electrons. The zero-order valence-corrected chi connectivity index (χ0v) is 22.3. The second kappa shape index (κ2) is 11.6. The molecule has 0 saturated carbocycles. The number of nitrogen functional groups attached to an aromatic ring is 1. The van der Waals surface area contributed by atoms with Crippen molar-refractivity contribution in [3.8, 4) is 17.5 Å². The monoisotopic (exact) mass is 546 g/mol. The summed E-state index contributed by atoms with van der Waals surface area (Å²) in [6.45, 7) is 1.54. The lowest BCUT2D eigenvalue weighted by molar-refractivity contribution is -0.118. The van der Waals surface area contributed by atoms with Gasteiger partial charge in [0.05, 0.1) is 28.7 Å². The highest BCUT2D eigenvalue weighted by molar-refractivity contribution is 6.09. The van der Waals surface area contributed by atoms with Crippen molar-refractivity contribution in [2.45, 2.75) is 13.1 Å². The minimum absolute atomic E-state index is 0.0259. The molecule has 3 aromatic heterocycles. The van der Waals surface area contributed by atoms with E-state index in [1.54, 1.807) is 74.0 Å². The molecule has 0 fully saturated rings. The molecule has 11 nitrogen and oxygen atoms in total. The van der Waals surface area contributed by atoms with Crippen LogP contribution in [-0.2, 0) is 4.79 Å². The van der Waals surface area contributed by atoms with Gasteiger partial charge in [0.2, 0.25) is 5.91 Å². The van der Waals surface area contributed by atoms with E-state index in [1.807, 2.05) is 6.07 Å². The minimum Gasteiger partial charge on any atom is -0.383 e. The molecule has 3 heterocycles. The number of hydrogen-bond donors (Lipinski definition) is 4. The van der Waals surface area contributed by atoms with Crippen molar-refractivity contribution >= 4 is 39.4 Å². The second-order valence-electron chi connectivity index (χ2n) is 9.01. The molecular weight excluding hydrogens is 520 g/mol. The van der Waals surface area contributed by atoms with Gasteiger partial charge >= 0.3 is 0 Å². The van der Waals surface area contributed by atoms with Gasteiger partial charge in [0.1, 0.15) is 17.5 Å². The predicted octanol–water partition coefficient (Wildman–Crippen LogP) is 2.05. The van der Waals surface area contributed by atoms with E-state index in [0.29, 0.717) is 33.1 Å². The van der Waals surface area contributed by atoms with Crippen LogP contribution in [0.15, 0.2) is 77.9 Å². The van der Waals surface area contributed by atoms with Gasteiger partial charge in [-0.15, -0.1) is 0 Å². The topological polar surface area (TPSA) is 157 Å². The Morgan fingerprint density at radius 2 is 1.85 bits per heavy atom. The number of rotatable bonds is 6. The number of amides is 2. The van der Waals surface area contributed by atoms with Gasteiger partial charge in [-0.25, -0.2) is 9.97 Å². The Labute approximate surface area is 234 Å². The summed E-state index contributed by atoms with van der Waals surface area (Å²) in [5, 5.41) is 9.53. The predicted molar refractivity (Wildman–Crippen MR) is 156 cm³/mol. The molecule has 41 heavy (non-hydrogen) atoms. The first-order valence-corrected chi connectivity index (χ1v) is 12.7. The highest BCUT2D eigenvalue weighted by atomic mass is 16.2. The SMILES string of the molecule is CN[C@H](NC(=O)c1c(N)ncc2cccnc12)c1nc2cccc(C#CCNC(C)=O)c2c(=O)n1-c1ccccc1. The van der Waals surface area contributed by atoms with E-state index in [1.165, 1.54) is 11.5 Å². The molecule has 5 rings (SSSR count). The molecule has 5 N–H and O–H groups in total. The average Bonchev–Trinajstić information content (AvgIpc) is 2.98. The number of hydrogen-bond acceptors (Lipinski definition) is 8. The number of anilines is 1. The Bertz CT molecular complexity index is 1910. The van der Waals surface area contributed by atoms with E-state index in [2.05, 4.69) is 37.8 Å². The second-order valence-corrected chi connectivity index (χ2v) is 9.01. The van der Waals surface area contributed by atoms with Gasteiger partial charge in [-0.05, 0) is 43.4 Å². The largest absolute Gasteiger partial charge is 0.383 e. The number of carbonyl (C=O) groups is 2. The molecule has 2 amide bonds. The van der Waals surface area contributed by atoms with Crippen LogP contribution in [-0.4, -0.2) is 44.9 Å². The molecule has 5 aromatic rings. The van der Waals surface area contributed by atoms with Crippen molar-refractivity contribution in [2.24, 2.45) is 0 Å². The quantitative estimate of drug-likeness (QED) is 0.186. The van der Waals surface area contributed by atoms with Crippen molar-refractivity contribution in [2.75, 3.05) is 19.3 Å². The standard InChI is InChI=1S/C30H26N8O3/c1-18(39)33-15-7-10-19-9-6-14-22-23(19)30(41)38(21-12-4-3-5-13-21)28(36-22)27(32-2)37-29(40)24-25-20(11-8-16-34-25)17-35-26(24)31/h3-6,8-9,11-14,16-17,27,32H,15H2,1-2H3,(H2,31,35)(H,33,39)(H,37,40)/t27-/m1/s1.